The topological polar surface area (TPSA) is 73.9 Å². The average Bonchev–Trinajstić information content (AvgIpc) is 2.41. The zero-order valence-corrected chi connectivity index (χ0v) is 12.4. The van der Waals surface area contributed by atoms with Gasteiger partial charge in [0.25, 0.3) is 0 Å². The van der Waals surface area contributed by atoms with E-state index in [9.17, 15) is 0 Å². The zero-order chi connectivity index (χ0) is 13.8. The number of hydrogen-bond acceptors (Lipinski definition) is 5. The average molecular weight is 323 g/mol. The number of halogens is 1. The Bertz CT molecular complexity index is 589. The highest BCUT2D eigenvalue weighted by molar-refractivity contribution is 9.10. The summed E-state index contributed by atoms with van der Waals surface area (Å²) in [5, 5.41) is 8.09. The molecule has 0 amide bonds. The Kier molecular flexibility index (Phi) is 4.31. The maximum absolute atomic E-state index is 5.86. The molecule has 19 heavy (non-hydrogen) atoms. The van der Waals surface area contributed by atoms with Crippen molar-refractivity contribution >= 4 is 21.6 Å². The fraction of sp³-hybridized carbons (Fsp3) is 0.308. The van der Waals surface area contributed by atoms with Crippen LogP contribution in [0.25, 0.3) is 0 Å². The molecule has 0 bridgehead atoms. The van der Waals surface area contributed by atoms with Crippen molar-refractivity contribution in [3.63, 3.8) is 0 Å². The van der Waals surface area contributed by atoms with Gasteiger partial charge < -0.3 is 10.5 Å². The Morgan fingerprint density at radius 3 is 2.53 bits per heavy atom. The highest BCUT2D eigenvalue weighted by Crippen LogP contribution is 2.28. The Balaban J connectivity index is 2.28. The molecule has 0 spiro atoms. The molecule has 0 aliphatic rings. The Morgan fingerprint density at radius 1 is 1.16 bits per heavy atom. The summed E-state index contributed by atoms with van der Waals surface area (Å²) >= 11 is 3.34. The number of nitrogens with two attached hydrogens (primary N) is 1. The van der Waals surface area contributed by atoms with Gasteiger partial charge in [-0.25, -0.2) is 0 Å². The van der Waals surface area contributed by atoms with Crippen LogP contribution in [0.3, 0.4) is 0 Å². The van der Waals surface area contributed by atoms with E-state index >= 15 is 0 Å². The summed E-state index contributed by atoms with van der Waals surface area (Å²) in [5.41, 5.74) is 8.20. The largest absolute Gasteiger partial charge is 0.421 e. The van der Waals surface area contributed by atoms with Crippen LogP contribution in [0, 0.1) is 0 Å². The van der Waals surface area contributed by atoms with Crippen LogP contribution < -0.4 is 10.5 Å². The lowest BCUT2D eigenvalue weighted by Crippen LogP contribution is -2.05. The van der Waals surface area contributed by atoms with Crippen LogP contribution in [0.15, 0.2) is 22.7 Å². The summed E-state index contributed by atoms with van der Waals surface area (Å²) in [6, 6.07) is 5.61. The van der Waals surface area contributed by atoms with E-state index in [1.165, 1.54) is 0 Å². The maximum atomic E-state index is 5.86. The third-order valence-corrected chi connectivity index (χ3v) is 3.16. The van der Waals surface area contributed by atoms with Crippen LogP contribution in [0.2, 0.25) is 0 Å². The van der Waals surface area contributed by atoms with E-state index in [0.717, 1.165) is 28.7 Å². The summed E-state index contributed by atoms with van der Waals surface area (Å²) in [6.45, 7) is 4.05. The van der Waals surface area contributed by atoms with Gasteiger partial charge in [-0.2, -0.15) is 4.98 Å². The minimum atomic E-state index is 0.225. The Labute approximate surface area is 120 Å². The van der Waals surface area contributed by atoms with Gasteiger partial charge in [0.15, 0.2) is 5.75 Å². The smallest absolute Gasteiger partial charge is 0.341 e. The first-order valence-electron chi connectivity index (χ1n) is 6.09. The highest BCUT2D eigenvalue weighted by Gasteiger charge is 2.09. The van der Waals surface area contributed by atoms with Gasteiger partial charge >= 0.3 is 6.01 Å². The Hall–Kier alpha value is -1.69. The van der Waals surface area contributed by atoms with Gasteiger partial charge in [0.05, 0.1) is 17.1 Å². The lowest BCUT2D eigenvalue weighted by molar-refractivity contribution is 0.430. The standard InChI is InChI=1S/C13H15BrN4O/c1-3-10-11(4-2)17-18-13(16-10)19-12-6-5-8(14)7-9(12)15/h5-7H,3-4,15H2,1-2H3. The molecule has 1 heterocycles. The summed E-state index contributed by atoms with van der Waals surface area (Å²) in [7, 11) is 0. The number of rotatable bonds is 4. The van der Waals surface area contributed by atoms with Crippen LogP contribution in [0.5, 0.6) is 11.8 Å². The fourth-order valence-electron chi connectivity index (χ4n) is 1.67. The van der Waals surface area contributed by atoms with Crippen LogP contribution in [0.4, 0.5) is 5.69 Å². The van der Waals surface area contributed by atoms with E-state index < -0.39 is 0 Å². The molecule has 0 aliphatic carbocycles. The minimum absolute atomic E-state index is 0.225. The number of nitrogen functional groups attached to an aromatic ring is 1. The first kappa shape index (κ1) is 13.7. The molecular formula is C13H15BrN4O. The molecular weight excluding hydrogens is 308 g/mol. The van der Waals surface area contributed by atoms with Gasteiger partial charge in [-0.05, 0) is 31.0 Å². The number of anilines is 1. The molecule has 100 valence electrons. The van der Waals surface area contributed by atoms with Gasteiger partial charge in [-0.3, -0.25) is 0 Å². The second-order valence-corrected chi connectivity index (χ2v) is 4.89. The molecule has 6 heteroatoms. The van der Waals surface area contributed by atoms with Crippen molar-refractivity contribution in [1.29, 1.82) is 0 Å². The number of ether oxygens (including phenoxy) is 1. The summed E-state index contributed by atoms with van der Waals surface area (Å²) in [4.78, 5) is 4.36. The summed E-state index contributed by atoms with van der Waals surface area (Å²) in [5.74, 6) is 0.524. The van der Waals surface area contributed by atoms with Crippen molar-refractivity contribution in [2.75, 3.05) is 5.73 Å². The van der Waals surface area contributed by atoms with Crippen molar-refractivity contribution in [2.45, 2.75) is 26.7 Å². The molecule has 2 N–H and O–H groups in total. The lowest BCUT2D eigenvalue weighted by Gasteiger charge is -2.08. The van der Waals surface area contributed by atoms with E-state index in [1.807, 2.05) is 19.9 Å². The number of aryl methyl sites for hydroxylation is 2. The molecule has 0 radical (unpaired) electrons. The normalized spacial score (nSPS) is 10.5. The highest BCUT2D eigenvalue weighted by atomic mass is 79.9. The van der Waals surface area contributed by atoms with Crippen LogP contribution in [0.1, 0.15) is 25.2 Å². The molecule has 0 atom stereocenters. The first-order valence-corrected chi connectivity index (χ1v) is 6.88. The van der Waals surface area contributed by atoms with Gasteiger partial charge in [0.2, 0.25) is 0 Å². The van der Waals surface area contributed by atoms with Gasteiger partial charge in [0, 0.05) is 4.47 Å². The molecule has 0 fully saturated rings. The molecule has 0 saturated heterocycles. The van der Waals surface area contributed by atoms with Crippen molar-refractivity contribution in [2.24, 2.45) is 0 Å². The fourth-order valence-corrected chi connectivity index (χ4v) is 2.05. The predicted molar refractivity (Wildman–Crippen MR) is 77.2 cm³/mol. The van der Waals surface area contributed by atoms with Gasteiger partial charge in [-0.15, -0.1) is 5.10 Å². The number of hydrogen-bond donors (Lipinski definition) is 1. The zero-order valence-electron chi connectivity index (χ0n) is 10.9. The van der Waals surface area contributed by atoms with Gasteiger partial charge in [0.1, 0.15) is 0 Å². The second-order valence-electron chi connectivity index (χ2n) is 3.98. The van der Waals surface area contributed by atoms with Crippen molar-refractivity contribution in [3.8, 4) is 11.8 Å². The molecule has 2 rings (SSSR count). The molecule has 0 aliphatic heterocycles. The monoisotopic (exact) mass is 322 g/mol. The van der Waals surface area contributed by atoms with Gasteiger partial charge in [-0.1, -0.05) is 34.9 Å². The number of nitrogens with zero attached hydrogens (tertiary/aromatic N) is 3. The maximum Gasteiger partial charge on any atom is 0.341 e. The van der Waals surface area contributed by atoms with Crippen LogP contribution in [-0.2, 0) is 12.8 Å². The molecule has 0 unspecified atom stereocenters. The predicted octanol–water partition coefficient (Wildman–Crippen LogP) is 3.13. The van der Waals surface area contributed by atoms with Crippen molar-refractivity contribution in [3.05, 3.63) is 34.1 Å². The lowest BCUT2D eigenvalue weighted by atomic mass is 10.2. The second kappa shape index (κ2) is 5.97. The van der Waals surface area contributed by atoms with E-state index in [-0.39, 0.29) is 6.01 Å². The molecule has 1 aromatic carbocycles. The third-order valence-electron chi connectivity index (χ3n) is 2.66. The van der Waals surface area contributed by atoms with E-state index in [0.29, 0.717) is 11.4 Å². The number of benzene rings is 1. The molecule has 2 aromatic rings. The van der Waals surface area contributed by atoms with E-state index in [2.05, 4.69) is 31.1 Å². The third kappa shape index (κ3) is 3.20. The Morgan fingerprint density at radius 2 is 1.89 bits per heavy atom. The number of aromatic nitrogens is 3. The van der Waals surface area contributed by atoms with E-state index in [4.69, 9.17) is 10.5 Å². The van der Waals surface area contributed by atoms with Crippen LogP contribution in [-0.4, -0.2) is 15.2 Å². The minimum Gasteiger partial charge on any atom is -0.421 e. The van der Waals surface area contributed by atoms with Crippen molar-refractivity contribution < 1.29 is 4.74 Å². The molecule has 0 saturated carbocycles. The first-order chi connectivity index (χ1) is 9.13. The quantitative estimate of drug-likeness (QED) is 0.875. The summed E-state index contributed by atoms with van der Waals surface area (Å²) in [6.07, 6.45) is 1.61. The van der Waals surface area contributed by atoms with Crippen LogP contribution >= 0.6 is 15.9 Å². The SMILES string of the molecule is CCc1nnc(Oc2ccc(Br)cc2N)nc1CC. The molecule has 1 aromatic heterocycles. The van der Waals surface area contributed by atoms with E-state index in [1.54, 1.807) is 12.1 Å². The van der Waals surface area contributed by atoms with Crippen molar-refractivity contribution in [1.82, 2.24) is 15.2 Å². The summed E-state index contributed by atoms with van der Waals surface area (Å²) < 4.78 is 6.47. The molecule has 5 nitrogen and oxygen atoms in total.